The number of nitrogens with zero attached hydrogens (tertiary/aromatic N) is 1. The summed E-state index contributed by atoms with van der Waals surface area (Å²) in [4.78, 5) is 12.8. The van der Waals surface area contributed by atoms with Gasteiger partial charge in [-0.2, -0.15) is 0 Å². The van der Waals surface area contributed by atoms with Gasteiger partial charge in [0.25, 0.3) is 10.0 Å². The van der Waals surface area contributed by atoms with Crippen molar-refractivity contribution in [3.63, 3.8) is 0 Å². The lowest BCUT2D eigenvalue weighted by atomic mass is 10.0. The van der Waals surface area contributed by atoms with E-state index in [4.69, 9.17) is 4.74 Å². The van der Waals surface area contributed by atoms with Crippen molar-refractivity contribution < 1.29 is 17.9 Å². The fourth-order valence-electron chi connectivity index (χ4n) is 3.38. The normalized spacial score (nSPS) is 13.9. The Labute approximate surface area is 169 Å². The van der Waals surface area contributed by atoms with Gasteiger partial charge in [0.15, 0.2) is 0 Å². The number of ether oxygens (including phenoxy) is 1. The molecule has 0 saturated carbocycles. The van der Waals surface area contributed by atoms with Crippen LogP contribution in [-0.2, 0) is 21.4 Å². The highest BCUT2D eigenvalue weighted by molar-refractivity contribution is 7.93. The summed E-state index contributed by atoms with van der Waals surface area (Å²) in [5, 5.41) is 2.79. The first-order valence-corrected chi connectivity index (χ1v) is 10.6. The minimum Gasteiger partial charge on any atom is -0.497 e. The standard InChI is InChI=1S/C22H20N2O4S/c1-28-17-12-10-16(11-13-17)14-23-22(25)15-24-20-8-4-2-6-18(20)19-7-3-5-9-21(19)29(24,26)27/h2-13H,14-15H2,1H3,(H,23,25). The highest BCUT2D eigenvalue weighted by Gasteiger charge is 2.35. The summed E-state index contributed by atoms with van der Waals surface area (Å²) in [6.07, 6.45) is 0. The predicted molar refractivity (Wildman–Crippen MR) is 111 cm³/mol. The number of anilines is 1. The molecule has 0 radical (unpaired) electrons. The van der Waals surface area contributed by atoms with Crippen LogP contribution in [0.5, 0.6) is 5.75 Å². The number of hydrogen-bond donors (Lipinski definition) is 1. The largest absolute Gasteiger partial charge is 0.497 e. The maximum atomic E-state index is 13.2. The van der Waals surface area contributed by atoms with Crippen LogP contribution in [0.1, 0.15) is 5.56 Å². The molecule has 1 heterocycles. The zero-order valence-electron chi connectivity index (χ0n) is 15.8. The minimum absolute atomic E-state index is 0.210. The van der Waals surface area contributed by atoms with E-state index in [0.717, 1.165) is 16.9 Å². The van der Waals surface area contributed by atoms with Crippen molar-refractivity contribution in [3.8, 4) is 16.9 Å². The Morgan fingerprint density at radius 1 is 0.931 bits per heavy atom. The quantitative estimate of drug-likeness (QED) is 0.704. The summed E-state index contributed by atoms with van der Waals surface area (Å²) >= 11 is 0. The third-order valence-electron chi connectivity index (χ3n) is 4.85. The lowest BCUT2D eigenvalue weighted by Gasteiger charge is -2.31. The van der Waals surface area contributed by atoms with Gasteiger partial charge in [-0.25, -0.2) is 8.42 Å². The number of amides is 1. The topological polar surface area (TPSA) is 75.7 Å². The van der Waals surface area contributed by atoms with Gasteiger partial charge in [0.2, 0.25) is 5.91 Å². The van der Waals surface area contributed by atoms with Crippen LogP contribution in [0.15, 0.2) is 77.7 Å². The number of carbonyl (C=O) groups is 1. The predicted octanol–water partition coefficient (Wildman–Crippen LogP) is 3.19. The van der Waals surface area contributed by atoms with E-state index in [-0.39, 0.29) is 17.3 Å². The van der Waals surface area contributed by atoms with E-state index in [2.05, 4.69) is 5.32 Å². The maximum absolute atomic E-state index is 13.2. The number of sulfonamides is 1. The van der Waals surface area contributed by atoms with Crippen molar-refractivity contribution in [1.29, 1.82) is 0 Å². The molecule has 7 heteroatoms. The van der Waals surface area contributed by atoms with E-state index in [9.17, 15) is 13.2 Å². The highest BCUT2D eigenvalue weighted by Crippen LogP contribution is 2.42. The first-order valence-electron chi connectivity index (χ1n) is 9.11. The van der Waals surface area contributed by atoms with E-state index in [1.54, 1.807) is 37.4 Å². The molecule has 6 nitrogen and oxygen atoms in total. The number of methoxy groups -OCH3 is 1. The van der Waals surface area contributed by atoms with Gasteiger partial charge >= 0.3 is 0 Å². The van der Waals surface area contributed by atoms with Crippen LogP contribution >= 0.6 is 0 Å². The molecular weight excluding hydrogens is 388 g/mol. The van der Waals surface area contributed by atoms with Crippen molar-refractivity contribution in [1.82, 2.24) is 5.32 Å². The van der Waals surface area contributed by atoms with Crippen LogP contribution in [0.4, 0.5) is 5.69 Å². The van der Waals surface area contributed by atoms with Gasteiger partial charge in [-0.05, 0) is 29.8 Å². The monoisotopic (exact) mass is 408 g/mol. The molecule has 148 valence electrons. The molecule has 0 aliphatic carbocycles. The second-order valence-electron chi connectivity index (χ2n) is 6.65. The van der Waals surface area contributed by atoms with Gasteiger partial charge in [0, 0.05) is 17.7 Å². The first-order chi connectivity index (χ1) is 14.0. The molecule has 0 spiro atoms. The van der Waals surface area contributed by atoms with Crippen molar-refractivity contribution >= 4 is 21.6 Å². The molecule has 0 unspecified atom stereocenters. The summed E-state index contributed by atoms with van der Waals surface area (Å²) in [6.45, 7) is 0.0127. The minimum atomic E-state index is -3.83. The second kappa shape index (κ2) is 7.60. The van der Waals surface area contributed by atoms with Crippen LogP contribution in [-0.4, -0.2) is 28.0 Å². The summed E-state index contributed by atoms with van der Waals surface area (Å²) in [5.74, 6) is 0.355. The van der Waals surface area contributed by atoms with E-state index in [1.165, 1.54) is 4.31 Å². The number of benzene rings is 3. The fraction of sp³-hybridized carbons (Fsp3) is 0.136. The zero-order chi connectivity index (χ0) is 20.4. The summed E-state index contributed by atoms with van der Waals surface area (Å²) in [7, 11) is -2.24. The molecule has 0 fully saturated rings. The van der Waals surface area contributed by atoms with Crippen molar-refractivity contribution in [3.05, 3.63) is 78.4 Å². The molecule has 0 aromatic heterocycles. The van der Waals surface area contributed by atoms with Crippen molar-refractivity contribution in [2.24, 2.45) is 0 Å². The molecule has 0 bridgehead atoms. The molecule has 29 heavy (non-hydrogen) atoms. The smallest absolute Gasteiger partial charge is 0.265 e. The number of rotatable bonds is 5. The van der Waals surface area contributed by atoms with Gasteiger partial charge in [-0.15, -0.1) is 0 Å². The molecule has 4 rings (SSSR count). The zero-order valence-corrected chi connectivity index (χ0v) is 16.6. The summed E-state index contributed by atoms with van der Waals surface area (Å²) in [5.41, 5.74) is 2.84. The Morgan fingerprint density at radius 3 is 2.31 bits per heavy atom. The Bertz CT molecular complexity index is 1160. The average molecular weight is 408 g/mol. The lowest BCUT2D eigenvalue weighted by molar-refractivity contribution is -0.119. The molecule has 1 amide bonds. The Morgan fingerprint density at radius 2 is 1.59 bits per heavy atom. The fourth-order valence-corrected chi connectivity index (χ4v) is 5.03. The SMILES string of the molecule is COc1ccc(CNC(=O)CN2c3ccccc3-c3ccccc3S2(=O)=O)cc1. The molecule has 1 aliphatic rings. The van der Waals surface area contributed by atoms with Crippen molar-refractivity contribution in [2.75, 3.05) is 18.0 Å². The number of nitrogens with one attached hydrogen (secondary N) is 1. The molecule has 1 N–H and O–H groups in total. The van der Waals surface area contributed by atoms with Crippen LogP contribution in [0, 0.1) is 0 Å². The highest BCUT2D eigenvalue weighted by atomic mass is 32.2. The van der Waals surface area contributed by atoms with Gasteiger partial charge in [-0.1, -0.05) is 48.5 Å². The van der Waals surface area contributed by atoms with E-state index < -0.39 is 10.0 Å². The van der Waals surface area contributed by atoms with Crippen LogP contribution in [0.3, 0.4) is 0 Å². The molecule has 3 aromatic carbocycles. The van der Waals surface area contributed by atoms with Crippen LogP contribution in [0.2, 0.25) is 0 Å². The number of hydrogen-bond acceptors (Lipinski definition) is 4. The second-order valence-corrected chi connectivity index (χ2v) is 8.48. The molecular formula is C22H20N2O4S. The third-order valence-corrected chi connectivity index (χ3v) is 6.67. The van der Waals surface area contributed by atoms with E-state index in [1.807, 2.05) is 42.5 Å². The summed E-state index contributed by atoms with van der Waals surface area (Å²) < 4.78 is 32.7. The Balaban J connectivity index is 1.57. The summed E-state index contributed by atoms with van der Waals surface area (Å²) in [6, 6.07) is 21.4. The number of carbonyl (C=O) groups excluding carboxylic acids is 1. The van der Waals surface area contributed by atoms with Gasteiger partial charge in [0.1, 0.15) is 12.3 Å². The molecule has 0 saturated heterocycles. The van der Waals surface area contributed by atoms with Gasteiger partial charge in [0.05, 0.1) is 17.7 Å². The number of fused-ring (bicyclic) bond motifs is 3. The van der Waals surface area contributed by atoms with E-state index in [0.29, 0.717) is 17.8 Å². The van der Waals surface area contributed by atoms with Crippen LogP contribution in [0.25, 0.3) is 11.1 Å². The first kappa shape index (κ1) is 19.0. The maximum Gasteiger partial charge on any atom is 0.265 e. The third kappa shape index (κ3) is 3.56. The number of para-hydroxylation sites is 1. The molecule has 0 atom stereocenters. The van der Waals surface area contributed by atoms with E-state index >= 15 is 0 Å². The van der Waals surface area contributed by atoms with Gasteiger partial charge < -0.3 is 10.1 Å². The van der Waals surface area contributed by atoms with Gasteiger partial charge in [-0.3, -0.25) is 9.10 Å². The van der Waals surface area contributed by atoms with Crippen molar-refractivity contribution in [2.45, 2.75) is 11.4 Å². The molecule has 3 aromatic rings. The van der Waals surface area contributed by atoms with Crippen LogP contribution < -0.4 is 14.4 Å². The Kier molecular flexibility index (Phi) is 4.98. The average Bonchev–Trinajstić information content (AvgIpc) is 2.75. The lowest BCUT2D eigenvalue weighted by Crippen LogP contribution is -2.42. The Hall–Kier alpha value is -3.32. The molecule has 1 aliphatic heterocycles.